The van der Waals surface area contributed by atoms with E-state index in [2.05, 4.69) is 31.2 Å². The van der Waals surface area contributed by atoms with E-state index in [1.165, 1.54) is 5.56 Å². The molecule has 0 aliphatic rings. The first-order valence-corrected chi connectivity index (χ1v) is 7.99. The lowest BCUT2D eigenvalue weighted by molar-refractivity contribution is 0.178. The second-order valence-corrected chi connectivity index (χ2v) is 5.25. The van der Waals surface area contributed by atoms with Crippen LogP contribution in [0.25, 0.3) is 11.1 Å². The average Bonchev–Trinajstić information content (AvgIpc) is 2.59. The van der Waals surface area contributed by atoms with Crippen LogP contribution in [0.1, 0.15) is 18.9 Å². The smallest absolute Gasteiger partial charge is 0.161 e. The Morgan fingerprint density at radius 1 is 0.783 bits per heavy atom. The van der Waals surface area contributed by atoms with E-state index in [4.69, 9.17) is 19.7 Å². The summed E-state index contributed by atoms with van der Waals surface area (Å²) >= 11 is 0. The van der Waals surface area contributed by atoms with Crippen molar-refractivity contribution in [2.45, 2.75) is 19.8 Å². The molecule has 2 N–H and O–H groups in total. The molecule has 0 saturated heterocycles. The molecular formula is C19H24O4. The summed E-state index contributed by atoms with van der Waals surface area (Å²) in [7, 11) is 0. The number of hydrogen-bond acceptors (Lipinski definition) is 4. The van der Waals surface area contributed by atoms with E-state index in [-0.39, 0.29) is 26.4 Å². The first-order chi connectivity index (χ1) is 11.3. The largest absolute Gasteiger partial charge is 0.487 e. The van der Waals surface area contributed by atoms with Crippen LogP contribution in [-0.4, -0.2) is 36.6 Å². The number of hydrogen-bond donors (Lipinski definition) is 2. The maximum atomic E-state index is 8.96. The van der Waals surface area contributed by atoms with E-state index in [1.54, 1.807) is 0 Å². The van der Waals surface area contributed by atoms with Crippen molar-refractivity contribution in [3.05, 3.63) is 48.0 Å². The summed E-state index contributed by atoms with van der Waals surface area (Å²) in [6.07, 6.45) is 2.22. The van der Waals surface area contributed by atoms with Crippen molar-refractivity contribution < 1.29 is 19.7 Å². The van der Waals surface area contributed by atoms with Crippen molar-refractivity contribution in [3.63, 3.8) is 0 Å². The molecule has 0 atom stereocenters. The highest BCUT2D eigenvalue weighted by molar-refractivity contribution is 5.67. The van der Waals surface area contributed by atoms with Crippen molar-refractivity contribution in [3.8, 4) is 22.6 Å². The molecule has 2 rings (SSSR count). The van der Waals surface area contributed by atoms with Gasteiger partial charge in [0, 0.05) is 0 Å². The van der Waals surface area contributed by atoms with E-state index in [9.17, 15) is 0 Å². The predicted octanol–water partition coefficient (Wildman–Crippen LogP) is 3.05. The Morgan fingerprint density at radius 2 is 1.39 bits per heavy atom. The van der Waals surface area contributed by atoms with Crippen molar-refractivity contribution >= 4 is 0 Å². The lowest BCUT2D eigenvalue weighted by Crippen LogP contribution is -2.06. The standard InChI is InChI=1S/C19H24O4/c1-2-3-15-4-6-16(7-5-15)17-8-9-18(22-12-10-20)19(14-17)23-13-11-21/h4-9,14,20-21H,2-3,10-13H2,1H3. The Hall–Kier alpha value is -2.04. The number of aliphatic hydroxyl groups excluding tert-OH is 2. The van der Waals surface area contributed by atoms with E-state index in [0.717, 1.165) is 24.0 Å². The van der Waals surface area contributed by atoms with Gasteiger partial charge in [0.05, 0.1) is 13.2 Å². The summed E-state index contributed by atoms with van der Waals surface area (Å²) in [5.41, 5.74) is 3.46. The highest BCUT2D eigenvalue weighted by atomic mass is 16.5. The summed E-state index contributed by atoms with van der Waals surface area (Å²) in [6, 6.07) is 14.2. The normalized spacial score (nSPS) is 10.6. The fourth-order valence-electron chi connectivity index (χ4n) is 2.38. The van der Waals surface area contributed by atoms with Crippen molar-refractivity contribution in [1.82, 2.24) is 0 Å². The molecule has 0 aromatic heterocycles. The zero-order valence-electron chi connectivity index (χ0n) is 13.5. The number of rotatable bonds is 9. The van der Waals surface area contributed by atoms with Crippen LogP contribution in [-0.2, 0) is 6.42 Å². The van der Waals surface area contributed by atoms with E-state index < -0.39 is 0 Å². The quantitative estimate of drug-likeness (QED) is 0.746. The number of ether oxygens (including phenoxy) is 2. The predicted molar refractivity (Wildman–Crippen MR) is 91.0 cm³/mol. The first-order valence-electron chi connectivity index (χ1n) is 7.99. The number of aryl methyl sites for hydroxylation is 1. The third-order valence-electron chi connectivity index (χ3n) is 3.47. The molecule has 0 radical (unpaired) electrons. The third-order valence-corrected chi connectivity index (χ3v) is 3.47. The number of benzene rings is 2. The Labute approximate surface area is 137 Å². The molecule has 0 heterocycles. The molecule has 0 aliphatic heterocycles. The maximum absolute atomic E-state index is 8.96. The monoisotopic (exact) mass is 316 g/mol. The van der Waals surface area contributed by atoms with Crippen LogP contribution >= 0.6 is 0 Å². The van der Waals surface area contributed by atoms with Gasteiger partial charge < -0.3 is 19.7 Å². The topological polar surface area (TPSA) is 58.9 Å². The first kappa shape index (κ1) is 17.3. The minimum atomic E-state index is -0.0601. The second-order valence-electron chi connectivity index (χ2n) is 5.25. The van der Waals surface area contributed by atoms with Gasteiger partial charge >= 0.3 is 0 Å². The van der Waals surface area contributed by atoms with Crippen molar-refractivity contribution in [2.24, 2.45) is 0 Å². The van der Waals surface area contributed by atoms with Crippen LogP contribution in [0, 0.1) is 0 Å². The van der Waals surface area contributed by atoms with Gasteiger partial charge in [-0.15, -0.1) is 0 Å². The van der Waals surface area contributed by atoms with Gasteiger partial charge in [-0.1, -0.05) is 43.7 Å². The van der Waals surface area contributed by atoms with Gasteiger partial charge in [-0.05, 0) is 35.2 Å². The molecule has 0 fully saturated rings. The van der Waals surface area contributed by atoms with Crippen LogP contribution in [0.5, 0.6) is 11.5 Å². The minimum absolute atomic E-state index is 0.0555. The number of aliphatic hydroxyl groups is 2. The third kappa shape index (κ3) is 4.98. The lowest BCUT2D eigenvalue weighted by Gasteiger charge is -2.13. The van der Waals surface area contributed by atoms with Crippen molar-refractivity contribution in [2.75, 3.05) is 26.4 Å². The van der Waals surface area contributed by atoms with E-state index in [0.29, 0.717) is 11.5 Å². The fourth-order valence-corrected chi connectivity index (χ4v) is 2.38. The molecular weight excluding hydrogens is 292 g/mol. The zero-order valence-corrected chi connectivity index (χ0v) is 13.5. The molecule has 4 nitrogen and oxygen atoms in total. The molecule has 0 aliphatic carbocycles. The summed E-state index contributed by atoms with van der Waals surface area (Å²) < 4.78 is 11.0. The average molecular weight is 316 g/mol. The van der Waals surface area contributed by atoms with E-state index >= 15 is 0 Å². The molecule has 0 bridgehead atoms. The molecule has 0 unspecified atom stereocenters. The van der Waals surface area contributed by atoms with Crippen molar-refractivity contribution in [1.29, 1.82) is 0 Å². The molecule has 124 valence electrons. The summed E-state index contributed by atoms with van der Waals surface area (Å²) in [5.74, 6) is 1.14. The van der Waals surface area contributed by atoms with Crippen LogP contribution < -0.4 is 9.47 Å². The van der Waals surface area contributed by atoms with Gasteiger partial charge in [-0.2, -0.15) is 0 Å². The maximum Gasteiger partial charge on any atom is 0.161 e. The summed E-state index contributed by atoms with van der Waals surface area (Å²) in [4.78, 5) is 0. The van der Waals surface area contributed by atoms with Gasteiger partial charge in [0.2, 0.25) is 0 Å². The second kappa shape index (κ2) is 9.18. The molecule has 2 aromatic rings. The Balaban J connectivity index is 2.23. The van der Waals surface area contributed by atoms with E-state index in [1.807, 2.05) is 18.2 Å². The van der Waals surface area contributed by atoms with Gasteiger partial charge in [0.15, 0.2) is 11.5 Å². The van der Waals surface area contributed by atoms with Crippen LogP contribution in [0.3, 0.4) is 0 Å². The Kier molecular flexibility index (Phi) is 6.91. The van der Waals surface area contributed by atoms with Gasteiger partial charge in [-0.3, -0.25) is 0 Å². The Morgan fingerprint density at radius 3 is 2.00 bits per heavy atom. The van der Waals surface area contributed by atoms with Crippen LogP contribution in [0.15, 0.2) is 42.5 Å². The van der Waals surface area contributed by atoms with Crippen LogP contribution in [0.2, 0.25) is 0 Å². The highest BCUT2D eigenvalue weighted by Crippen LogP contribution is 2.33. The van der Waals surface area contributed by atoms with Gasteiger partial charge in [0.25, 0.3) is 0 Å². The van der Waals surface area contributed by atoms with Gasteiger partial charge in [0.1, 0.15) is 13.2 Å². The molecule has 4 heteroatoms. The lowest BCUT2D eigenvalue weighted by atomic mass is 10.0. The summed E-state index contributed by atoms with van der Waals surface area (Å²) in [6.45, 7) is 2.47. The molecule has 2 aromatic carbocycles. The molecule has 23 heavy (non-hydrogen) atoms. The molecule has 0 spiro atoms. The highest BCUT2D eigenvalue weighted by Gasteiger charge is 2.08. The minimum Gasteiger partial charge on any atom is -0.487 e. The summed E-state index contributed by atoms with van der Waals surface area (Å²) in [5, 5.41) is 17.8. The SMILES string of the molecule is CCCc1ccc(-c2ccc(OCCO)c(OCCO)c2)cc1. The zero-order chi connectivity index (χ0) is 16.5. The molecule has 0 amide bonds. The fraction of sp³-hybridized carbons (Fsp3) is 0.368. The van der Waals surface area contributed by atoms with Crippen LogP contribution in [0.4, 0.5) is 0 Å². The Bertz CT molecular complexity index is 593. The van der Waals surface area contributed by atoms with Gasteiger partial charge in [-0.25, -0.2) is 0 Å². The molecule has 0 saturated carbocycles.